The van der Waals surface area contributed by atoms with Crippen LogP contribution < -0.4 is 10.1 Å². The van der Waals surface area contributed by atoms with Crippen molar-refractivity contribution in [2.75, 3.05) is 12.4 Å². The Hall–Kier alpha value is -3.06. The lowest BCUT2D eigenvalue weighted by atomic mass is 10.1. The Balaban J connectivity index is 1.70. The topological polar surface area (TPSA) is 47.0 Å². The van der Waals surface area contributed by atoms with Gasteiger partial charge in [-0.2, -0.15) is 0 Å². The number of benzene rings is 2. The number of fused-ring (bicyclic) bond motifs is 1. The van der Waals surface area contributed by atoms with Gasteiger partial charge in [0.25, 0.3) is 0 Å². The van der Waals surface area contributed by atoms with E-state index in [1.54, 1.807) is 13.4 Å². The molecule has 0 bridgehead atoms. The number of hydrogen-bond acceptors (Lipinski definition) is 4. The van der Waals surface area contributed by atoms with E-state index in [-0.39, 0.29) is 6.04 Å². The van der Waals surface area contributed by atoms with Crippen LogP contribution in [0.1, 0.15) is 18.9 Å². The van der Waals surface area contributed by atoms with Gasteiger partial charge in [0.2, 0.25) is 0 Å². The first-order chi connectivity index (χ1) is 11.8. The largest absolute Gasteiger partial charge is 0.495 e. The predicted molar refractivity (Wildman–Crippen MR) is 97.1 cm³/mol. The molecule has 1 atom stereocenters. The smallest absolute Gasteiger partial charge is 0.137 e. The fraction of sp³-hybridized carbons (Fsp3) is 0.200. The zero-order valence-corrected chi connectivity index (χ0v) is 13.8. The molecular weight excluding hydrogens is 298 g/mol. The molecule has 24 heavy (non-hydrogen) atoms. The molecule has 4 heteroatoms. The van der Waals surface area contributed by atoms with Gasteiger partial charge in [-0.1, -0.05) is 36.1 Å². The second kappa shape index (κ2) is 7.47. The van der Waals surface area contributed by atoms with Crippen molar-refractivity contribution in [1.82, 2.24) is 9.97 Å². The fourth-order valence-electron chi connectivity index (χ4n) is 2.45. The van der Waals surface area contributed by atoms with Crippen LogP contribution in [0.4, 0.5) is 5.82 Å². The van der Waals surface area contributed by atoms with Gasteiger partial charge in [0.05, 0.1) is 18.2 Å². The highest BCUT2D eigenvalue weighted by Gasteiger charge is 2.06. The molecule has 0 aliphatic carbocycles. The fourth-order valence-corrected chi connectivity index (χ4v) is 2.45. The lowest BCUT2D eigenvalue weighted by Crippen LogP contribution is -2.15. The van der Waals surface area contributed by atoms with Gasteiger partial charge in [-0.25, -0.2) is 9.97 Å². The Kier molecular flexibility index (Phi) is 4.93. The van der Waals surface area contributed by atoms with Gasteiger partial charge in [-0.15, -0.1) is 0 Å². The standard InChI is InChI=1S/C20H19N3O/c1-15(8-7-10-16-9-3-6-13-19(16)24-2)23-20-17-11-4-5-12-18(17)21-14-22-20/h3-6,9,11-15H,8H2,1-2H3,(H,21,22,23). The molecule has 120 valence electrons. The van der Waals surface area contributed by atoms with E-state index in [4.69, 9.17) is 4.74 Å². The molecule has 3 aromatic rings. The zero-order chi connectivity index (χ0) is 16.8. The van der Waals surface area contributed by atoms with Crippen molar-refractivity contribution >= 4 is 16.7 Å². The summed E-state index contributed by atoms with van der Waals surface area (Å²) in [5, 5.41) is 4.43. The Labute approximate surface area is 141 Å². The maximum atomic E-state index is 5.31. The van der Waals surface area contributed by atoms with E-state index < -0.39 is 0 Å². The van der Waals surface area contributed by atoms with E-state index in [0.29, 0.717) is 6.42 Å². The number of ether oxygens (including phenoxy) is 1. The number of nitrogens with one attached hydrogen (secondary N) is 1. The normalized spacial score (nSPS) is 11.4. The molecule has 0 fully saturated rings. The van der Waals surface area contributed by atoms with Crippen LogP contribution in [0.2, 0.25) is 0 Å². The number of rotatable bonds is 4. The summed E-state index contributed by atoms with van der Waals surface area (Å²) < 4.78 is 5.31. The molecule has 2 aromatic carbocycles. The molecule has 0 aliphatic heterocycles. The average Bonchev–Trinajstić information content (AvgIpc) is 2.62. The highest BCUT2D eigenvalue weighted by atomic mass is 16.5. The first-order valence-electron chi connectivity index (χ1n) is 7.86. The molecule has 0 aliphatic rings. The van der Waals surface area contributed by atoms with Gasteiger partial charge in [0, 0.05) is 17.8 Å². The van der Waals surface area contributed by atoms with E-state index >= 15 is 0 Å². The number of aromatic nitrogens is 2. The monoisotopic (exact) mass is 317 g/mol. The number of nitrogens with zero attached hydrogens (tertiary/aromatic N) is 2. The highest BCUT2D eigenvalue weighted by Crippen LogP contribution is 2.19. The van der Waals surface area contributed by atoms with Gasteiger partial charge in [0.15, 0.2) is 0 Å². The van der Waals surface area contributed by atoms with Crippen molar-refractivity contribution in [2.24, 2.45) is 0 Å². The predicted octanol–water partition coefficient (Wildman–Crippen LogP) is 3.88. The molecule has 0 saturated carbocycles. The van der Waals surface area contributed by atoms with E-state index in [9.17, 15) is 0 Å². The molecular formula is C20H19N3O. The summed E-state index contributed by atoms with van der Waals surface area (Å²) in [6, 6.07) is 15.9. The summed E-state index contributed by atoms with van der Waals surface area (Å²) in [7, 11) is 1.66. The van der Waals surface area contributed by atoms with Crippen LogP contribution in [0.5, 0.6) is 5.75 Å². The van der Waals surface area contributed by atoms with Crippen molar-refractivity contribution < 1.29 is 4.74 Å². The summed E-state index contributed by atoms with van der Waals surface area (Å²) in [4.78, 5) is 8.63. The number of hydrogen-bond donors (Lipinski definition) is 1. The summed E-state index contributed by atoms with van der Waals surface area (Å²) >= 11 is 0. The van der Waals surface area contributed by atoms with Crippen LogP contribution in [0.25, 0.3) is 10.9 Å². The van der Waals surface area contributed by atoms with Crippen LogP contribution >= 0.6 is 0 Å². The number of methoxy groups -OCH3 is 1. The Morgan fingerprint density at radius 3 is 2.75 bits per heavy atom. The third-order valence-corrected chi connectivity index (χ3v) is 3.66. The molecule has 4 nitrogen and oxygen atoms in total. The second-order valence-corrected chi connectivity index (χ2v) is 5.49. The Morgan fingerprint density at radius 2 is 1.88 bits per heavy atom. The van der Waals surface area contributed by atoms with Crippen LogP contribution in [-0.2, 0) is 0 Å². The average molecular weight is 317 g/mol. The highest BCUT2D eigenvalue weighted by molar-refractivity contribution is 5.88. The minimum atomic E-state index is 0.172. The van der Waals surface area contributed by atoms with Crippen molar-refractivity contribution in [1.29, 1.82) is 0 Å². The Morgan fingerprint density at radius 1 is 1.08 bits per heavy atom. The zero-order valence-electron chi connectivity index (χ0n) is 13.8. The van der Waals surface area contributed by atoms with Crippen molar-refractivity contribution in [3.63, 3.8) is 0 Å². The van der Waals surface area contributed by atoms with Crippen LogP contribution in [0.15, 0.2) is 54.9 Å². The van der Waals surface area contributed by atoms with Gasteiger partial charge in [-0.3, -0.25) is 0 Å². The van der Waals surface area contributed by atoms with Crippen LogP contribution in [0, 0.1) is 11.8 Å². The summed E-state index contributed by atoms with van der Waals surface area (Å²) in [6.07, 6.45) is 2.29. The van der Waals surface area contributed by atoms with Gasteiger partial charge < -0.3 is 10.1 Å². The molecule has 1 aromatic heterocycles. The molecule has 0 spiro atoms. The third kappa shape index (κ3) is 3.64. The van der Waals surface area contributed by atoms with E-state index in [1.807, 2.05) is 48.5 Å². The lowest BCUT2D eigenvalue weighted by molar-refractivity contribution is 0.413. The van der Waals surface area contributed by atoms with Crippen molar-refractivity contribution in [2.45, 2.75) is 19.4 Å². The molecule has 1 heterocycles. The van der Waals surface area contributed by atoms with Gasteiger partial charge in [0.1, 0.15) is 17.9 Å². The van der Waals surface area contributed by atoms with Crippen molar-refractivity contribution in [3.05, 3.63) is 60.4 Å². The first kappa shape index (κ1) is 15.8. The summed E-state index contributed by atoms with van der Waals surface area (Å²) in [5.74, 6) is 8.02. The van der Waals surface area contributed by atoms with Crippen LogP contribution in [-0.4, -0.2) is 23.1 Å². The SMILES string of the molecule is COc1ccccc1C#CCC(C)Nc1ncnc2ccccc12. The summed E-state index contributed by atoms with van der Waals surface area (Å²) in [6.45, 7) is 2.09. The Bertz CT molecular complexity index is 891. The van der Waals surface area contributed by atoms with Gasteiger partial charge >= 0.3 is 0 Å². The summed E-state index contributed by atoms with van der Waals surface area (Å²) in [5.41, 5.74) is 1.84. The maximum Gasteiger partial charge on any atom is 0.137 e. The van der Waals surface area contributed by atoms with Crippen LogP contribution in [0.3, 0.4) is 0 Å². The van der Waals surface area contributed by atoms with Gasteiger partial charge in [-0.05, 0) is 31.2 Å². The molecule has 0 saturated heterocycles. The quantitative estimate of drug-likeness (QED) is 0.742. The third-order valence-electron chi connectivity index (χ3n) is 3.66. The minimum Gasteiger partial charge on any atom is -0.495 e. The molecule has 0 amide bonds. The maximum absolute atomic E-state index is 5.31. The minimum absolute atomic E-state index is 0.172. The molecule has 0 radical (unpaired) electrons. The molecule has 1 N–H and O–H groups in total. The number of anilines is 1. The van der Waals surface area contributed by atoms with Crippen molar-refractivity contribution in [3.8, 4) is 17.6 Å². The molecule has 3 rings (SSSR count). The second-order valence-electron chi connectivity index (χ2n) is 5.49. The van der Waals surface area contributed by atoms with E-state index in [2.05, 4.69) is 34.0 Å². The van der Waals surface area contributed by atoms with E-state index in [0.717, 1.165) is 28.0 Å². The van der Waals surface area contributed by atoms with E-state index in [1.165, 1.54) is 0 Å². The molecule has 1 unspecified atom stereocenters. The first-order valence-corrected chi connectivity index (χ1v) is 7.86. The lowest BCUT2D eigenvalue weighted by Gasteiger charge is -2.13. The number of para-hydroxylation sites is 2.